The average Bonchev–Trinajstić information content (AvgIpc) is 2.73. The molecule has 0 saturated carbocycles. The van der Waals surface area contributed by atoms with Gasteiger partial charge in [0, 0.05) is 31.7 Å². The van der Waals surface area contributed by atoms with Crippen LogP contribution in [0.15, 0.2) is 36.4 Å². The Morgan fingerprint density at radius 2 is 1.59 bits per heavy atom. The molecule has 2 aromatic carbocycles. The molecular weight excluding hydrogens is 344 g/mol. The molecule has 1 aliphatic rings. The Labute approximate surface area is 161 Å². The van der Waals surface area contributed by atoms with E-state index in [-0.39, 0.29) is 6.04 Å². The molecule has 0 aromatic heterocycles. The molecule has 1 unspecified atom stereocenters. The predicted molar refractivity (Wildman–Crippen MR) is 105 cm³/mol. The molecule has 27 heavy (non-hydrogen) atoms. The zero-order valence-electron chi connectivity index (χ0n) is 16.5. The van der Waals surface area contributed by atoms with Gasteiger partial charge in [-0.3, -0.25) is 4.90 Å². The van der Waals surface area contributed by atoms with Crippen molar-refractivity contribution in [2.75, 3.05) is 48.1 Å². The van der Waals surface area contributed by atoms with Gasteiger partial charge in [-0.25, -0.2) is 0 Å². The summed E-state index contributed by atoms with van der Waals surface area (Å²) in [4.78, 5) is 2.45. The van der Waals surface area contributed by atoms with Crippen molar-refractivity contribution in [2.24, 2.45) is 0 Å². The Hall–Kier alpha value is -2.44. The lowest BCUT2D eigenvalue weighted by Gasteiger charge is -2.37. The molecule has 1 heterocycles. The lowest BCUT2D eigenvalue weighted by Crippen LogP contribution is -2.45. The van der Waals surface area contributed by atoms with Crippen molar-refractivity contribution in [1.29, 1.82) is 0 Å². The van der Waals surface area contributed by atoms with Crippen LogP contribution in [0.1, 0.15) is 17.2 Å². The summed E-state index contributed by atoms with van der Waals surface area (Å²) >= 11 is 0. The Morgan fingerprint density at radius 1 is 0.926 bits per heavy atom. The summed E-state index contributed by atoms with van der Waals surface area (Å²) < 4.78 is 22.0. The number of nitrogens with one attached hydrogen (secondary N) is 1. The maximum absolute atomic E-state index is 5.59. The zero-order valence-corrected chi connectivity index (χ0v) is 16.5. The first-order chi connectivity index (χ1) is 13.2. The second kappa shape index (κ2) is 8.97. The van der Waals surface area contributed by atoms with Crippen molar-refractivity contribution in [2.45, 2.75) is 12.6 Å². The maximum atomic E-state index is 5.59. The summed E-state index contributed by atoms with van der Waals surface area (Å²) in [5, 5.41) is 3.50. The molecule has 6 heteroatoms. The minimum atomic E-state index is 0.231. The fourth-order valence-electron chi connectivity index (χ4n) is 3.65. The molecule has 1 saturated heterocycles. The van der Waals surface area contributed by atoms with Crippen molar-refractivity contribution in [3.8, 4) is 23.0 Å². The third-order valence-electron chi connectivity index (χ3n) is 4.96. The first kappa shape index (κ1) is 19.3. The first-order valence-electron chi connectivity index (χ1n) is 9.08. The zero-order chi connectivity index (χ0) is 19.2. The van der Waals surface area contributed by atoms with E-state index in [2.05, 4.69) is 22.3 Å². The number of rotatable bonds is 7. The van der Waals surface area contributed by atoms with Gasteiger partial charge in [-0.1, -0.05) is 18.2 Å². The molecular formula is C21H28N2O4. The molecule has 0 aliphatic carbocycles. The Kier molecular flexibility index (Phi) is 6.42. The van der Waals surface area contributed by atoms with E-state index in [4.69, 9.17) is 18.9 Å². The van der Waals surface area contributed by atoms with Crippen LogP contribution in [0.5, 0.6) is 23.0 Å². The SMILES string of the molecule is COc1ccccc1C1CNCCN1Cc1cc(OC)c(OC)c(OC)c1. The summed E-state index contributed by atoms with van der Waals surface area (Å²) in [5.74, 6) is 2.89. The largest absolute Gasteiger partial charge is 0.496 e. The fraction of sp³-hybridized carbons (Fsp3) is 0.429. The van der Waals surface area contributed by atoms with Crippen molar-refractivity contribution in [1.82, 2.24) is 10.2 Å². The van der Waals surface area contributed by atoms with Crippen LogP contribution in [0.4, 0.5) is 0 Å². The van der Waals surface area contributed by atoms with E-state index in [0.717, 1.165) is 37.5 Å². The molecule has 0 bridgehead atoms. The monoisotopic (exact) mass is 372 g/mol. The standard InChI is InChI=1S/C21H28N2O4/c1-24-18-8-6-5-7-16(18)17-13-22-9-10-23(17)14-15-11-19(25-2)21(27-4)20(12-15)26-3/h5-8,11-12,17,22H,9-10,13-14H2,1-4H3. The van der Waals surface area contributed by atoms with Crippen molar-refractivity contribution in [3.63, 3.8) is 0 Å². The number of ether oxygens (including phenoxy) is 4. The third-order valence-corrected chi connectivity index (χ3v) is 4.96. The van der Waals surface area contributed by atoms with Crippen molar-refractivity contribution < 1.29 is 18.9 Å². The molecule has 1 aliphatic heterocycles. The Bertz CT molecular complexity index is 741. The van der Waals surface area contributed by atoms with E-state index in [1.165, 1.54) is 5.56 Å². The first-order valence-corrected chi connectivity index (χ1v) is 9.08. The maximum Gasteiger partial charge on any atom is 0.203 e. The van der Waals surface area contributed by atoms with Crippen LogP contribution in [0.3, 0.4) is 0 Å². The predicted octanol–water partition coefficient (Wildman–Crippen LogP) is 2.87. The van der Waals surface area contributed by atoms with E-state index in [0.29, 0.717) is 17.2 Å². The summed E-state index contributed by atoms with van der Waals surface area (Å²) in [5.41, 5.74) is 2.31. The summed E-state index contributed by atoms with van der Waals surface area (Å²) in [6.07, 6.45) is 0. The summed E-state index contributed by atoms with van der Waals surface area (Å²) in [6.45, 7) is 3.56. The van der Waals surface area contributed by atoms with Gasteiger partial charge in [0.05, 0.1) is 34.5 Å². The molecule has 0 amide bonds. The second-order valence-corrected chi connectivity index (χ2v) is 6.47. The van der Waals surface area contributed by atoms with Crippen LogP contribution in [-0.2, 0) is 6.54 Å². The molecule has 3 rings (SSSR count). The third kappa shape index (κ3) is 4.12. The van der Waals surface area contributed by atoms with E-state index < -0.39 is 0 Å². The normalized spacial score (nSPS) is 17.4. The quantitative estimate of drug-likeness (QED) is 0.807. The molecule has 146 valence electrons. The smallest absolute Gasteiger partial charge is 0.203 e. The average molecular weight is 372 g/mol. The lowest BCUT2D eigenvalue weighted by molar-refractivity contribution is 0.150. The topological polar surface area (TPSA) is 52.2 Å². The molecule has 1 N–H and O–H groups in total. The van der Waals surface area contributed by atoms with E-state index in [1.54, 1.807) is 28.4 Å². The summed E-state index contributed by atoms with van der Waals surface area (Å²) in [7, 11) is 6.62. The highest BCUT2D eigenvalue weighted by Gasteiger charge is 2.27. The van der Waals surface area contributed by atoms with Crippen molar-refractivity contribution in [3.05, 3.63) is 47.5 Å². The van der Waals surface area contributed by atoms with Gasteiger partial charge in [-0.2, -0.15) is 0 Å². The number of hydrogen-bond donors (Lipinski definition) is 1. The number of benzene rings is 2. The van der Waals surface area contributed by atoms with Crippen molar-refractivity contribution >= 4 is 0 Å². The van der Waals surface area contributed by atoms with Gasteiger partial charge >= 0.3 is 0 Å². The van der Waals surface area contributed by atoms with Gasteiger partial charge in [0.25, 0.3) is 0 Å². The molecule has 0 spiro atoms. The highest BCUT2D eigenvalue weighted by molar-refractivity contribution is 5.53. The number of nitrogens with zero attached hydrogens (tertiary/aromatic N) is 1. The van der Waals surface area contributed by atoms with Crippen LogP contribution in [0, 0.1) is 0 Å². The summed E-state index contributed by atoms with van der Waals surface area (Å²) in [6, 6.07) is 12.5. The van der Waals surface area contributed by atoms with E-state index in [1.807, 2.05) is 24.3 Å². The van der Waals surface area contributed by atoms with Gasteiger partial charge in [-0.15, -0.1) is 0 Å². The minimum Gasteiger partial charge on any atom is -0.496 e. The van der Waals surface area contributed by atoms with Gasteiger partial charge in [0.2, 0.25) is 5.75 Å². The van der Waals surface area contributed by atoms with Gasteiger partial charge in [0.1, 0.15) is 5.75 Å². The minimum absolute atomic E-state index is 0.231. The van der Waals surface area contributed by atoms with E-state index >= 15 is 0 Å². The highest BCUT2D eigenvalue weighted by Crippen LogP contribution is 2.39. The molecule has 0 radical (unpaired) electrons. The van der Waals surface area contributed by atoms with Crippen LogP contribution < -0.4 is 24.3 Å². The van der Waals surface area contributed by atoms with Crippen LogP contribution in [-0.4, -0.2) is 53.0 Å². The number of methoxy groups -OCH3 is 4. The lowest BCUT2D eigenvalue weighted by atomic mass is 10.0. The number of piperazine rings is 1. The Morgan fingerprint density at radius 3 is 2.22 bits per heavy atom. The van der Waals surface area contributed by atoms with Crippen LogP contribution in [0.2, 0.25) is 0 Å². The fourth-order valence-corrected chi connectivity index (χ4v) is 3.65. The number of para-hydroxylation sites is 1. The van der Waals surface area contributed by atoms with Gasteiger partial charge < -0.3 is 24.3 Å². The molecule has 6 nitrogen and oxygen atoms in total. The van der Waals surface area contributed by atoms with Gasteiger partial charge in [0.15, 0.2) is 11.5 Å². The second-order valence-electron chi connectivity index (χ2n) is 6.47. The van der Waals surface area contributed by atoms with Crippen LogP contribution >= 0.6 is 0 Å². The molecule has 1 atom stereocenters. The van der Waals surface area contributed by atoms with Crippen LogP contribution in [0.25, 0.3) is 0 Å². The van der Waals surface area contributed by atoms with E-state index in [9.17, 15) is 0 Å². The number of hydrogen-bond acceptors (Lipinski definition) is 6. The highest BCUT2D eigenvalue weighted by atomic mass is 16.5. The van der Waals surface area contributed by atoms with Gasteiger partial charge in [-0.05, 0) is 23.8 Å². The molecule has 2 aromatic rings. The Balaban J connectivity index is 1.91. The molecule has 1 fully saturated rings.